The Bertz CT molecular complexity index is 1380. The van der Waals surface area contributed by atoms with Crippen LogP contribution in [0.4, 0.5) is 0 Å². The zero-order valence-corrected chi connectivity index (χ0v) is 17.8. The number of fused-ring (bicyclic) bond motifs is 2. The van der Waals surface area contributed by atoms with Crippen LogP contribution in [0.1, 0.15) is 39.4 Å². The molecule has 4 heterocycles. The number of amides is 2. The first-order chi connectivity index (χ1) is 16.1. The highest BCUT2D eigenvalue weighted by molar-refractivity contribution is 5.98. The molecule has 0 radical (unpaired) electrons. The number of nitrogens with one attached hydrogen (secondary N) is 4. The molecule has 0 aliphatic carbocycles. The highest BCUT2D eigenvalue weighted by Gasteiger charge is 2.19. The minimum atomic E-state index is -0.532. The average molecular weight is 449 g/mol. The van der Waals surface area contributed by atoms with Crippen molar-refractivity contribution in [1.29, 1.82) is 0 Å². The number of hydrogen-bond donors (Lipinski definition) is 4. The molecule has 0 bridgehead atoms. The van der Waals surface area contributed by atoms with Crippen molar-refractivity contribution in [2.75, 3.05) is 19.6 Å². The Balaban J connectivity index is 1.31. The SMILES string of the molecule is O=C(NCc1ccc2oc(=O)[nH]c2c1)c1cc(C(=O)NCC2CCNCC2)n2nccc2n1. The van der Waals surface area contributed by atoms with E-state index in [2.05, 4.69) is 31.0 Å². The number of nitrogens with zero attached hydrogens (tertiary/aromatic N) is 3. The number of aromatic amines is 1. The van der Waals surface area contributed by atoms with Gasteiger partial charge in [-0.1, -0.05) is 6.07 Å². The normalized spacial score (nSPS) is 14.5. The number of oxazole rings is 1. The molecule has 3 aromatic heterocycles. The monoisotopic (exact) mass is 449 g/mol. The van der Waals surface area contributed by atoms with Gasteiger partial charge in [-0.3, -0.25) is 14.6 Å². The lowest BCUT2D eigenvalue weighted by Crippen LogP contribution is -2.36. The number of aromatic nitrogens is 4. The summed E-state index contributed by atoms with van der Waals surface area (Å²) >= 11 is 0. The summed E-state index contributed by atoms with van der Waals surface area (Å²) in [5.41, 5.74) is 2.56. The predicted molar refractivity (Wildman–Crippen MR) is 119 cm³/mol. The fraction of sp³-hybridized carbons (Fsp3) is 0.318. The minimum Gasteiger partial charge on any atom is -0.408 e. The van der Waals surface area contributed by atoms with Crippen molar-refractivity contribution < 1.29 is 14.0 Å². The van der Waals surface area contributed by atoms with E-state index in [1.165, 1.54) is 16.8 Å². The van der Waals surface area contributed by atoms with E-state index in [4.69, 9.17) is 4.42 Å². The van der Waals surface area contributed by atoms with Crippen molar-refractivity contribution in [2.24, 2.45) is 5.92 Å². The molecule has 1 saturated heterocycles. The third-order valence-corrected chi connectivity index (χ3v) is 5.77. The van der Waals surface area contributed by atoms with E-state index in [9.17, 15) is 14.4 Å². The molecular weight excluding hydrogens is 426 g/mol. The number of piperidine rings is 1. The molecule has 0 saturated carbocycles. The second-order valence-corrected chi connectivity index (χ2v) is 8.06. The lowest BCUT2D eigenvalue weighted by atomic mass is 9.98. The zero-order chi connectivity index (χ0) is 22.8. The first-order valence-electron chi connectivity index (χ1n) is 10.8. The van der Waals surface area contributed by atoms with Crippen molar-refractivity contribution in [2.45, 2.75) is 19.4 Å². The van der Waals surface area contributed by atoms with Crippen LogP contribution in [-0.4, -0.2) is 51.0 Å². The van der Waals surface area contributed by atoms with Gasteiger partial charge in [0.2, 0.25) is 0 Å². The Hall–Kier alpha value is -3.99. The molecule has 1 aliphatic rings. The Morgan fingerprint density at radius 1 is 1.12 bits per heavy atom. The lowest BCUT2D eigenvalue weighted by Gasteiger charge is -2.22. The van der Waals surface area contributed by atoms with Crippen LogP contribution < -0.4 is 21.7 Å². The van der Waals surface area contributed by atoms with Gasteiger partial charge in [-0.05, 0) is 49.5 Å². The minimum absolute atomic E-state index is 0.118. The second-order valence-electron chi connectivity index (χ2n) is 8.06. The van der Waals surface area contributed by atoms with E-state index >= 15 is 0 Å². The van der Waals surface area contributed by atoms with Gasteiger partial charge < -0.3 is 20.4 Å². The molecule has 11 nitrogen and oxygen atoms in total. The predicted octanol–water partition coefficient (Wildman–Crippen LogP) is 0.823. The van der Waals surface area contributed by atoms with Gasteiger partial charge in [-0.15, -0.1) is 0 Å². The molecule has 0 atom stereocenters. The Kier molecular flexibility index (Phi) is 5.61. The van der Waals surface area contributed by atoms with Gasteiger partial charge in [-0.25, -0.2) is 14.3 Å². The van der Waals surface area contributed by atoms with Crippen LogP contribution in [0.25, 0.3) is 16.7 Å². The Morgan fingerprint density at radius 3 is 2.82 bits per heavy atom. The summed E-state index contributed by atoms with van der Waals surface area (Å²) in [5.74, 6) is -0.828. The summed E-state index contributed by atoms with van der Waals surface area (Å²) in [5, 5.41) is 13.3. The maximum absolute atomic E-state index is 12.9. The number of H-pyrrole nitrogens is 1. The number of benzene rings is 1. The lowest BCUT2D eigenvalue weighted by molar-refractivity contribution is 0.0936. The molecule has 11 heteroatoms. The summed E-state index contributed by atoms with van der Waals surface area (Å²) in [7, 11) is 0. The van der Waals surface area contributed by atoms with Gasteiger partial charge >= 0.3 is 5.76 Å². The van der Waals surface area contributed by atoms with Crippen LogP contribution in [0.3, 0.4) is 0 Å². The van der Waals surface area contributed by atoms with Crippen molar-refractivity contribution in [1.82, 2.24) is 35.5 Å². The fourth-order valence-corrected chi connectivity index (χ4v) is 3.99. The summed E-state index contributed by atoms with van der Waals surface area (Å²) in [6, 6.07) is 8.24. The topological polar surface area (TPSA) is 146 Å². The van der Waals surface area contributed by atoms with Crippen LogP contribution in [0.15, 0.2) is 45.7 Å². The molecule has 1 fully saturated rings. The van der Waals surface area contributed by atoms with E-state index in [0.29, 0.717) is 29.2 Å². The molecule has 0 spiro atoms. The third-order valence-electron chi connectivity index (χ3n) is 5.77. The Morgan fingerprint density at radius 2 is 1.97 bits per heavy atom. The van der Waals surface area contributed by atoms with Gasteiger partial charge in [0.1, 0.15) is 11.4 Å². The summed E-state index contributed by atoms with van der Waals surface area (Å²) in [6.45, 7) is 2.69. The summed E-state index contributed by atoms with van der Waals surface area (Å²) in [4.78, 5) is 43.9. The standard InChI is InChI=1S/C22H23N7O4/c30-20(24-12-14-1-2-18-15(9-14)28-22(32)33-18)16-10-17(29-19(27-16)5-8-26-29)21(31)25-11-13-3-6-23-7-4-13/h1-2,5,8-10,13,23H,3-4,6-7,11-12H2,(H,24,30)(H,25,31)(H,28,32). The molecule has 5 rings (SSSR count). The zero-order valence-electron chi connectivity index (χ0n) is 17.8. The molecule has 33 heavy (non-hydrogen) atoms. The summed E-state index contributed by atoms with van der Waals surface area (Å²) < 4.78 is 6.42. The smallest absolute Gasteiger partial charge is 0.408 e. The molecule has 1 aromatic carbocycles. The van der Waals surface area contributed by atoms with E-state index in [1.54, 1.807) is 24.3 Å². The van der Waals surface area contributed by atoms with Gasteiger partial charge in [0.25, 0.3) is 11.8 Å². The average Bonchev–Trinajstić information content (AvgIpc) is 3.46. The third kappa shape index (κ3) is 4.48. The quantitative estimate of drug-likeness (QED) is 0.341. The van der Waals surface area contributed by atoms with Crippen LogP contribution in [0.5, 0.6) is 0 Å². The summed E-state index contributed by atoms with van der Waals surface area (Å²) in [6.07, 6.45) is 3.56. The van der Waals surface area contributed by atoms with Gasteiger partial charge in [0, 0.05) is 25.2 Å². The van der Waals surface area contributed by atoms with Crippen molar-refractivity contribution in [3.63, 3.8) is 0 Å². The molecule has 2 amide bonds. The Labute approximate surface area is 187 Å². The van der Waals surface area contributed by atoms with Gasteiger partial charge in [-0.2, -0.15) is 5.10 Å². The largest absolute Gasteiger partial charge is 0.417 e. The fourth-order valence-electron chi connectivity index (χ4n) is 3.99. The van der Waals surface area contributed by atoms with E-state index in [1.807, 2.05) is 0 Å². The molecular formula is C22H23N7O4. The first-order valence-corrected chi connectivity index (χ1v) is 10.8. The van der Waals surface area contributed by atoms with Crippen molar-refractivity contribution >= 4 is 28.6 Å². The second kappa shape index (κ2) is 8.87. The van der Waals surface area contributed by atoms with E-state index in [-0.39, 0.29) is 23.8 Å². The number of rotatable bonds is 6. The van der Waals surface area contributed by atoms with Gasteiger partial charge in [0.15, 0.2) is 11.2 Å². The van der Waals surface area contributed by atoms with Crippen molar-refractivity contribution in [3.8, 4) is 0 Å². The number of hydrogen-bond acceptors (Lipinski definition) is 7. The van der Waals surface area contributed by atoms with E-state index < -0.39 is 11.7 Å². The molecule has 4 aromatic rings. The van der Waals surface area contributed by atoms with Crippen LogP contribution in [-0.2, 0) is 6.54 Å². The molecule has 170 valence electrons. The van der Waals surface area contributed by atoms with E-state index in [0.717, 1.165) is 31.5 Å². The highest BCUT2D eigenvalue weighted by Crippen LogP contribution is 2.14. The van der Waals surface area contributed by atoms with Crippen LogP contribution in [0.2, 0.25) is 0 Å². The van der Waals surface area contributed by atoms with Crippen LogP contribution >= 0.6 is 0 Å². The maximum Gasteiger partial charge on any atom is 0.417 e. The first kappa shape index (κ1) is 20.9. The molecule has 0 unspecified atom stereocenters. The highest BCUT2D eigenvalue weighted by atomic mass is 16.4. The van der Waals surface area contributed by atoms with Crippen LogP contribution in [0, 0.1) is 5.92 Å². The molecule has 1 aliphatic heterocycles. The maximum atomic E-state index is 12.9. The van der Waals surface area contributed by atoms with Gasteiger partial charge in [0.05, 0.1) is 11.7 Å². The number of carbonyl (C=O) groups excluding carboxylic acids is 2. The molecule has 4 N–H and O–H groups in total. The van der Waals surface area contributed by atoms with Crippen molar-refractivity contribution in [3.05, 3.63) is 64.0 Å². The number of carbonyl (C=O) groups is 2.